The highest BCUT2D eigenvalue weighted by Crippen LogP contribution is 2.42. The molecule has 3 rings (SSSR count). The fraction of sp³-hybridized carbons (Fsp3) is 0.208. The number of hydrazine groups is 1. The molecule has 0 spiro atoms. The van der Waals surface area contributed by atoms with Gasteiger partial charge in [-0.1, -0.05) is 17.7 Å². The van der Waals surface area contributed by atoms with Gasteiger partial charge < -0.3 is 0 Å². The first kappa shape index (κ1) is 30.7. The molecule has 1 N–H and O–H groups in total. The topological polar surface area (TPSA) is 58.1 Å². The number of carbonyl (C=O) groups excluding carboxylic acids is 1. The van der Waals surface area contributed by atoms with Crippen LogP contribution in [-0.4, -0.2) is 29.1 Å². The van der Waals surface area contributed by atoms with Crippen LogP contribution in [0, 0.1) is 0 Å². The fourth-order valence-corrected chi connectivity index (χ4v) is 3.67. The van der Waals surface area contributed by atoms with Crippen molar-refractivity contribution in [2.75, 3.05) is 12.1 Å². The Morgan fingerprint density at radius 1 is 0.950 bits per heavy atom. The number of halogens is 11. The molecular weight excluding hydrogens is 586 g/mol. The van der Waals surface area contributed by atoms with E-state index in [2.05, 4.69) is 15.4 Å². The van der Waals surface area contributed by atoms with E-state index >= 15 is 0 Å². The zero-order chi connectivity index (χ0) is 30.0. The number of nitrogens with one attached hydrogen (secondary N) is 1. The van der Waals surface area contributed by atoms with E-state index in [9.17, 15) is 48.7 Å². The van der Waals surface area contributed by atoms with Gasteiger partial charge in [0.2, 0.25) is 5.95 Å². The van der Waals surface area contributed by atoms with E-state index in [0.29, 0.717) is 24.3 Å². The monoisotopic (exact) mass is 600 g/mol. The molecule has 0 saturated carbocycles. The normalized spacial score (nSPS) is 13.7. The minimum Gasteiger partial charge on any atom is -0.267 e. The SMILES string of the molecule is CN(NC(=O)c1ccc(/C(F)=C/C(c2cc(Cl)cc(C(F)(F)F)c2)C(F)(F)F)cc1C(F)(F)F)c1ncccn1. The van der Waals surface area contributed by atoms with Gasteiger partial charge in [-0.2, -0.15) is 39.5 Å². The summed E-state index contributed by atoms with van der Waals surface area (Å²) in [5, 5.41) is 0.166. The van der Waals surface area contributed by atoms with Crippen molar-refractivity contribution in [1.29, 1.82) is 0 Å². The number of alkyl halides is 9. The van der Waals surface area contributed by atoms with Gasteiger partial charge in [-0.05, 0) is 48.0 Å². The van der Waals surface area contributed by atoms with Crippen molar-refractivity contribution in [2.45, 2.75) is 24.4 Å². The van der Waals surface area contributed by atoms with Crippen LogP contribution in [0.2, 0.25) is 5.02 Å². The Hall–Kier alpha value is -3.88. The number of aromatic nitrogens is 2. The molecule has 0 saturated heterocycles. The van der Waals surface area contributed by atoms with Gasteiger partial charge in [0.25, 0.3) is 5.91 Å². The second kappa shape index (κ2) is 11.3. The summed E-state index contributed by atoms with van der Waals surface area (Å²) < 4.78 is 137. The molecule has 1 atom stereocenters. The number of anilines is 1. The number of hydrogen-bond acceptors (Lipinski definition) is 4. The molecule has 1 heterocycles. The molecule has 40 heavy (non-hydrogen) atoms. The van der Waals surface area contributed by atoms with Crippen LogP contribution in [0.4, 0.5) is 49.9 Å². The first-order valence-electron chi connectivity index (χ1n) is 10.7. The van der Waals surface area contributed by atoms with Crippen LogP contribution in [0.15, 0.2) is 60.9 Å². The van der Waals surface area contributed by atoms with Crippen molar-refractivity contribution in [3.63, 3.8) is 0 Å². The highest BCUT2D eigenvalue weighted by molar-refractivity contribution is 6.30. The third-order valence-electron chi connectivity index (χ3n) is 5.24. The Morgan fingerprint density at radius 2 is 1.57 bits per heavy atom. The van der Waals surface area contributed by atoms with Crippen LogP contribution in [-0.2, 0) is 12.4 Å². The Balaban J connectivity index is 2.03. The molecule has 3 aromatic rings. The Labute approximate surface area is 224 Å². The summed E-state index contributed by atoms with van der Waals surface area (Å²) in [5.41, 5.74) is -4.28. The second-order valence-electron chi connectivity index (χ2n) is 8.11. The number of carbonyl (C=O) groups is 1. The van der Waals surface area contributed by atoms with E-state index in [1.54, 1.807) is 0 Å². The Morgan fingerprint density at radius 3 is 2.12 bits per heavy atom. The van der Waals surface area contributed by atoms with Gasteiger partial charge in [0.05, 0.1) is 16.7 Å². The van der Waals surface area contributed by atoms with Crippen molar-refractivity contribution in [2.24, 2.45) is 0 Å². The van der Waals surface area contributed by atoms with Gasteiger partial charge in [0.15, 0.2) is 0 Å². The zero-order valence-corrected chi connectivity index (χ0v) is 20.5. The molecule has 0 aliphatic rings. The Kier molecular flexibility index (Phi) is 8.67. The highest BCUT2D eigenvalue weighted by atomic mass is 35.5. The van der Waals surface area contributed by atoms with Crippen molar-refractivity contribution < 1.29 is 48.7 Å². The van der Waals surface area contributed by atoms with E-state index in [0.717, 1.165) is 5.01 Å². The summed E-state index contributed by atoms with van der Waals surface area (Å²) in [6.07, 6.45) is -13.3. The molecule has 1 amide bonds. The molecule has 1 unspecified atom stereocenters. The van der Waals surface area contributed by atoms with E-state index in [1.807, 2.05) is 0 Å². The quantitative estimate of drug-likeness (QED) is 0.234. The van der Waals surface area contributed by atoms with Gasteiger partial charge in [-0.3, -0.25) is 15.2 Å². The maximum atomic E-state index is 15.0. The minimum atomic E-state index is -5.36. The maximum absolute atomic E-state index is 15.0. The second-order valence-corrected chi connectivity index (χ2v) is 8.55. The highest BCUT2D eigenvalue weighted by Gasteiger charge is 2.42. The average molecular weight is 601 g/mol. The standard InChI is InChI=1S/C24H15ClF10N4O/c1-39(21-36-5-2-6-37-21)38-20(40)16-4-3-12(9-18(16)24(33,34)35)19(26)11-17(23(30,31)32)13-7-14(22(27,28)29)10-15(25)8-13/h2-11,17H,1H3,(H,38,40)/b19-11-. The molecule has 0 aliphatic carbocycles. The van der Waals surface area contributed by atoms with Crippen LogP contribution in [0.5, 0.6) is 0 Å². The Bertz CT molecular complexity index is 1410. The molecular formula is C24H15ClF10N4O. The van der Waals surface area contributed by atoms with E-state index < -0.39 is 69.0 Å². The molecule has 1 aromatic heterocycles. The number of amides is 1. The lowest BCUT2D eigenvalue weighted by Crippen LogP contribution is -2.41. The predicted octanol–water partition coefficient (Wildman–Crippen LogP) is 7.61. The largest absolute Gasteiger partial charge is 0.417 e. The van der Waals surface area contributed by atoms with Crippen molar-refractivity contribution in [3.8, 4) is 0 Å². The van der Waals surface area contributed by atoms with E-state index in [1.165, 1.54) is 25.5 Å². The van der Waals surface area contributed by atoms with Crippen LogP contribution < -0.4 is 10.4 Å². The van der Waals surface area contributed by atoms with Crippen molar-refractivity contribution in [3.05, 3.63) is 93.8 Å². The van der Waals surface area contributed by atoms with Crippen LogP contribution in [0.3, 0.4) is 0 Å². The van der Waals surface area contributed by atoms with Gasteiger partial charge in [0.1, 0.15) is 11.7 Å². The number of allylic oxidation sites excluding steroid dienone is 1. The average Bonchev–Trinajstić information content (AvgIpc) is 2.85. The minimum absolute atomic E-state index is 0.0945. The van der Waals surface area contributed by atoms with Gasteiger partial charge in [-0.25, -0.2) is 14.4 Å². The molecule has 0 radical (unpaired) electrons. The molecule has 16 heteroatoms. The summed E-state index contributed by atoms with van der Waals surface area (Å²) in [7, 11) is 1.22. The number of hydrogen-bond donors (Lipinski definition) is 1. The number of benzene rings is 2. The lowest BCUT2D eigenvalue weighted by molar-refractivity contribution is -0.142. The van der Waals surface area contributed by atoms with Crippen LogP contribution in [0.1, 0.15) is 38.5 Å². The molecule has 214 valence electrons. The number of rotatable bonds is 6. The third-order valence-corrected chi connectivity index (χ3v) is 5.46. The van der Waals surface area contributed by atoms with Crippen molar-refractivity contribution >= 4 is 29.3 Å². The lowest BCUT2D eigenvalue weighted by atomic mass is 9.94. The van der Waals surface area contributed by atoms with Crippen LogP contribution >= 0.6 is 11.6 Å². The molecule has 0 fully saturated rings. The fourth-order valence-electron chi connectivity index (χ4n) is 3.43. The van der Waals surface area contributed by atoms with Gasteiger partial charge in [-0.15, -0.1) is 0 Å². The summed E-state index contributed by atoms with van der Waals surface area (Å²) >= 11 is 5.54. The smallest absolute Gasteiger partial charge is 0.267 e. The van der Waals surface area contributed by atoms with Gasteiger partial charge in [0, 0.05) is 30.0 Å². The zero-order valence-electron chi connectivity index (χ0n) is 19.8. The first-order valence-corrected chi connectivity index (χ1v) is 11.1. The van der Waals surface area contributed by atoms with Gasteiger partial charge >= 0.3 is 18.5 Å². The van der Waals surface area contributed by atoms with Crippen molar-refractivity contribution in [1.82, 2.24) is 15.4 Å². The summed E-state index contributed by atoms with van der Waals surface area (Å²) in [6.45, 7) is 0. The van der Waals surface area contributed by atoms with E-state index in [-0.39, 0.29) is 24.2 Å². The number of nitrogens with zero attached hydrogens (tertiary/aromatic N) is 3. The third kappa shape index (κ3) is 7.40. The predicted molar refractivity (Wildman–Crippen MR) is 124 cm³/mol. The summed E-state index contributed by atoms with van der Waals surface area (Å²) in [6, 6.07) is 3.68. The molecule has 0 bridgehead atoms. The molecule has 2 aromatic carbocycles. The lowest BCUT2D eigenvalue weighted by Gasteiger charge is -2.21. The van der Waals surface area contributed by atoms with Crippen LogP contribution in [0.25, 0.3) is 5.83 Å². The molecule has 0 aliphatic heterocycles. The maximum Gasteiger partial charge on any atom is 0.417 e. The molecule has 5 nitrogen and oxygen atoms in total. The summed E-state index contributed by atoms with van der Waals surface area (Å²) in [4.78, 5) is 20.1. The summed E-state index contributed by atoms with van der Waals surface area (Å²) in [5.74, 6) is -6.28. The first-order chi connectivity index (χ1) is 18.4. The van der Waals surface area contributed by atoms with E-state index in [4.69, 9.17) is 11.6 Å².